The highest BCUT2D eigenvalue weighted by Crippen LogP contribution is 2.23. The van der Waals surface area contributed by atoms with Crippen LogP contribution in [0, 0.1) is 11.8 Å². The molecular weight excluding hydrogens is 254 g/mol. The molecule has 0 spiro atoms. The molecule has 1 saturated heterocycles. The Labute approximate surface area is 119 Å². The topological polar surface area (TPSA) is 46.6 Å². The molecule has 1 aliphatic heterocycles. The number of rotatable bonds is 4. The van der Waals surface area contributed by atoms with Gasteiger partial charge in [0.2, 0.25) is 5.91 Å². The minimum absolute atomic E-state index is 0.143. The van der Waals surface area contributed by atoms with Crippen molar-refractivity contribution in [1.82, 2.24) is 4.90 Å². The molecule has 2 amide bonds. The number of imide groups is 1. The number of ether oxygens (including phenoxy) is 1. The van der Waals surface area contributed by atoms with Gasteiger partial charge in [-0.2, -0.15) is 0 Å². The van der Waals surface area contributed by atoms with E-state index in [2.05, 4.69) is 0 Å². The maximum atomic E-state index is 12.5. The Morgan fingerprint density at radius 3 is 2.55 bits per heavy atom. The molecule has 0 saturated carbocycles. The summed E-state index contributed by atoms with van der Waals surface area (Å²) in [7, 11) is 0. The molecule has 1 heterocycles. The largest absolute Gasteiger partial charge is 0.447 e. The molecule has 108 valence electrons. The second-order valence-corrected chi connectivity index (χ2v) is 5.69. The van der Waals surface area contributed by atoms with Crippen molar-refractivity contribution in [2.45, 2.75) is 33.2 Å². The summed E-state index contributed by atoms with van der Waals surface area (Å²) in [5, 5.41) is 0. The van der Waals surface area contributed by atoms with Crippen molar-refractivity contribution in [2.24, 2.45) is 11.8 Å². The second kappa shape index (κ2) is 6.07. The highest BCUT2D eigenvalue weighted by Gasteiger charge is 2.40. The molecule has 0 radical (unpaired) electrons. The number of hydrogen-bond acceptors (Lipinski definition) is 3. The van der Waals surface area contributed by atoms with Crippen molar-refractivity contribution < 1.29 is 14.3 Å². The van der Waals surface area contributed by atoms with E-state index in [4.69, 9.17) is 4.74 Å². The molecule has 2 atom stereocenters. The quantitative estimate of drug-likeness (QED) is 0.849. The van der Waals surface area contributed by atoms with Crippen LogP contribution in [0.5, 0.6) is 0 Å². The molecule has 1 unspecified atom stereocenters. The Morgan fingerprint density at radius 2 is 1.95 bits per heavy atom. The predicted molar refractivity (Wildman–Crippen MR) is 76.1 cm³/mol. The molecule has 4 nitrogen and oxygen atoms in total. The van der Waals surface area contributed by atoms with Gasteiger partial charge in [0.1, 0.15) is 6.61 Å². The summed E-state index contributed by atoms with van der Waals surface area (Å²) in [6, 6.07) is 9.69. The molecule has 2 rings (SSSR count). The monoisotopic (exact) mass is 275 g/mol. The molecule has 1 fully saturated rings. The van der Waals surface area contributed by atoms with Gasteiger partial charge in [0.15, 0.2) is 0 Å². The summed E-state index contributed by atoms with van der Waals surface area (Å²) in [6.07, 6.45) is 0.127. The van der Waals surface area contributed by atoms with Gasteiger partial charge < -0.3 is 4.74 Å². The van der Waals surface area contributed by atoms with Crippen LogP contribution < -0.4 is 0 Å². The van der Waals surface area contributed by atoms with E-state index in [1.54, 1.807) is 0 Å². The number of hydrogen-bond donors (Lipinski definition) is 0. The average Bonchev–Trinajstić information content (AvgIpc) is 2.81. The van der Waals surface area contributed by atoms with Gasteiger partial charge in [0.25, 0.3) is 0 Å². The van der Waals surface area contributed by atoms with Crippen molar-refractivity contribution in [3.05, 3.63) is 35.9 Å². The van der Waals surface area contributed by atoms with E-state index in [-0.39, 0.29) is 23.8 Å². The summed E-state index contributed by atoms with van der Waals surface area (Å²) in [5.41, 5.74) is 1.10. The fraction of sp³-hybridized carbons (Fsp3) is 0.500. The number of carbonyl (C=O) groups is 2. The van der Waals surface area contributed by atoms with Crippen molar-refractivity contribution in [3.8, 4) is 0 Å². The highest BCUT2D eigenvalue weighted by atomic mass is 16.6. The minimum atomic E-state index is -0.506. The van der Waals surface area contributed by atoms with Crippen LogP contribution in [0.3, 0.4) is 0 Å². The van der Waals surface area contributed by atoms with Gasteiger partial charge in [0, 0.05) is 5.92 Å². The lowest BCUT2D eigenvalue weighted by atomic mass is 9.97. The van der Waals surface area contributed by atoms with Crippen LogP contribution in [0.1, 0.15) is 26.3 Å². The van der Waals surface area contributed by atoms with Crippen LogP contribution in [0.25, 0.3) is 0 Å². The number of carbonyl (C=O) groups excluding carboxylic acids is 2. The van der Waals surface area contributed by atoms with Crippen LogP contribution in [-0.4, -0.2) is 29.5 Å². The highest BCUT2D eigenvalue weighted by molar-refractivity contribution is 5.94. The maximum Gasteiger partial charge on any atom is 0.416 e. The fourth-order valence-corrected chi connectivity index (χ4v) is 2.47. The van der Waals surface area contributed by atoms with E-state index in [9.17, 15) is 9.59 Å². The summed E-state index contributed by atoms with van der Waals surface area (Å²) in [6.45, 7) is 6.15. The Balaban J connectivity index is 2.07. The molecule has 20 heavy (non-hydrogen) atoms. The van der Waals surface area contributed by atoms with Crippen molar-refractivity contribution in [2.75, 3.05) is 6.61 Å². The van der Waals surface area contributed by atoms with Gasteiger partial charge in [-0.05, 0) is 17.9 Å². The predicted octanol–water partition coefficient (Wildman–Crippen LogP) is 2.87. The van der Waals surface area contributed by atoms with Crippen LogP contribution >= 0.6 is 0 Å². The lowest BCUT2D eigenvalue weighted by molar-refractivity contribution is -0.133. The van der Waals surface area contributed by atoms with E-state index >= 15 is 0 Å². The fourth-order valence-electron chi connectivity index (χ4n) is 2.47. The SMILES string of the molecule is CC(Cc1ccccc1)C(=O)N1C(=O)OC[C@@H]1C(C)C. The molecule has 1 aromatic rings. The smallest absolute Gasteiger partial charge is 0.416 e. The summed E-state index contributed by atoms with van der Waals surface area (Å²) in [4.78, 5) is 25.6. The Hall–Kier alpha value is -1.84. The third-order valence-corrected chi connectivity index (χ3v) is 3.72. The number of nitrogens with zero attached hydrogens (tertiary/aromatic N) is 1. The van der Waals surface area contributed by atoms with Gasteiger partial charge in [-0.1, -0.05) is 51.1 Å². The van der Waals surface area contributed by atoms with Crippen molar-refractivity contribution >= 4 is 12.0 Å². The Bertz CT molecular complexity index is 484. The van der Waals surface area contributed by atoms with E-state index in [0.717, 1.165) is 5.56 Å². The van der Waals surface area contributed by atoms with E-state index in [1.807, 2.05) is 51.1 Å². The zero-order chi connectivity index (χ0) is 14.7. The molecule has 1 aromatic carbocycles. The van der Waals surface area contributed by atoms with E-state index in [1.165, 1.54) is 4.90 Å². The first-order valence-corrected chi connectivity index (χ1v) is 7.04. The molecule has 0 N–H and O–H groups in total. The Kier molecular flexibility index (Phi) is 4.42. The summed E-state index contributed by atoms with van der Waals surface area (Å²) < 4.78 is 5.03. The third kappa shape index (κ3) is 3.00. The molecule has 4 heteroatoms. The van der Waals surface area contributed by atoms with E-state index in [0.29, 0.717) is 13.0 Å². The van der Waals surface area contributed by atoms with Gasteiger partial charge in [-0.15, -0.1) is 0 Å². The normalized spacial score (nSPS) is 20.1. The van der Waals surface area contributed by atoms with Gasteiger partial charge >= 0.3 is 6.09 Å². The molecular formula is C16H21NO3. The van der Waals surface area contributed by atoms with Crippen LogP contribution in [0.2, 0.25) is 0 Å². The minimum Gasteiger partial charge on any atom is -0.447 e. The number of cyclic esters (lactones) is 1. The van der Waals surface area contributed by atoms with E-state index < -0.39 is 6.09 Å². The van der Waals surface area contributed by atoms with Crippen molar-refractivity contribution in [1.29, 1.82) is 0 Å². The summed E-state index contributed by atoms with van der Waals surface area (Å²) >= 11 is 0. The first-order chi connectivity index (χ1) is 9.50. The zero-order valence-electron chi connectivity index (χ0n) is 12.2. The standard InChI is InChI=1S/C16H21NO3/c1-11(2)14-10-20-16(19)17(14)15(18)12(3)9-13-7-5-4-6-8-13/h4-8,11-12,14H,9-10H2,1-3H3/t12?,14-/m1/s1. The lowest BCUT2D eigenvalue weighted by Gasteiger charge is -2.25. The zero-order valence-corrected chi connectivity index (χ0v) is 12.2. The average molecular weight is 275 g/mol. The number of amides is 2. The molecule has 0 aliphatic carbocycles. The molecule has 0 bridgehead atoms. The molecule has 0 aromatic heterocycles. The van der Waals surface area contributed by atoms with Crippen LogP contribution in [0.4, 0.5) is 4.79 Å². The second-order valence-electron chi connectivity index (χ2n) is 5.69. The van der Waals surface area contributed by atoms with Gasteiger partial charge in [0.05, 0.1) is 6.04 Å². The van der Waals surface area contributed by atoms with Crippen LogP contribution in [-0.2, 0) is 16.0 Å². The van der Waals surface area contributed by atoms with Crippen molar-refractivity contribution in [3.63, 3.8) is 0 Å². The lowest BCUT2D eigenvalue weighted by Crippen LogP contribution is -2.44. The maximum absolute atomic E-state index is 12.5. The number of benzene rings is 1. The van der Waals surface area contributed by atoms with Crippen LogP contribution in [0.15, 0.2) is 30.3 Å². The first-order valence-electron chi connectivity index (χ1n) is 7.04. The van der Waals surface area contributed by atoms with Gasteiger partial charge in [-0.3, -0.25) is 4.79 Å². The summed E-state index contributed by atoms with van der Waals surface area (Å²) in [5.74, 6) is -0.173. The molecule has 1 aliphatic rings. The third-order valence-electron chi connectivity index (χ3n) is 3.72. The first kappa shape index (κ1) is 14.6. The van der Waals surface area contributed by atoms with Gasteiger partial charge in [-0.25, -0.2) is 9.69 Å². The Morgan fingerprint density at radius 1 is 1.30 bits per heavy atom.